The van der Waals surface area contributed by atoms with Crippen LogP contribution in [0.5, 0.6) is 11.5 Å². The predicted molar refractivity (Wildman–Crippen MR) is 96.1 cm³/mol. The summed E-state index contributed by atoms with van der Waals surface area (Å²) in [6.07, 6.45) is 0. The van der Waals surface area contributed by atoms with Crippen molar-refractivity contribution in [3.05, 3.63) is 48.5 Å². The maximum absolute atomic E-state index is 12.5. The van der Waals surface area contributed by atoms with E-state index in [-0.39, 0.29) is 12.5 Å². The summed E-state index contributed by atoms with van der Waals surface area (Å²) < 4.78 is 11.7. The van der Waals surface area contributed by atoms with Crippen LogP contribution in [-0.2, 0) is 4.79 Å². The van der Waals surface area contributed by atoms with E-state index in [1.54, 1.807) is 36.3 Å². The van der Waals surface area contributed by atoms with Crippen molar-refractivity contribution in [2.75, 3.05) is 25.2 Å². The summed E-state index contributed by atoms with van der Waals surface area (Å²) in [5.74, 6) is 1.26. The highest BCUT2D eigenvalue weighted by atomic mass is 32.1. The van der Waals surface area contributed by atoms with Crippen LogP contribution in [0.25, 0.3) is 10.2 Å². The van der Waals surface area contributed by atoms with Crippen LogP contribution < -0.4 is 14.4 Å². The first-order valence-corrected chi connectivity index (χ1v) is 8.45. The van der Waals surface area contributed by atoms with Gasteiger partial charge >= 0.3 is 0 Å². The summed E-state index contributed by atoms with van der Waals surface area (Å²) in [5, 5.41) is 0.696. The van der Waals surface area contributed by atoms with Gasteiger partial charge in [0.2, 0.25) is 0 Å². The second kappa shape index (κ2) is 7.31. The van der Waals surface area contributed by atoms with Crippen molar-refractivity contribution in [1.29, 1.82) is 0 Å². The molecule has 0 saturated carbocycles. The lowest BCUT2D eigenvalue weighted by molar-refractivity contribution is -0.120. The first kappa shape index (κ1) is 16.3. The van der Waals surface area contributed by atoms with Crippen LogP contribution in [-0.4, -0.2) is 31.2 Å². The van der Waals surface area contributed by atoms with Crippen molar-refractivity contribution >= 4 is 32.6 Å². The number of methoxy groups -OCH3 is 1. The normalized spacial score (nSPS) is 10.6. The number of rotatable bonds is 6. The number of carbonyl (C=O) groups excluding carboxylic acids is 1. The van der Waals surface area contributed by atoms with E-state index in [2.05, 4.69) is 4.98 Å². The van der Waals surface area contributed by atoms with E-state index in [1.807, 2.05) is 31.2 Å². The first-order valence-electron chi connectivity index (χ1n) is 7.64. The van der Waals surface area contributed by atoms with Crippen molar-refractivity contribution in [2.45, 2.75) is 6.92 Å². The fourth-order valence-corrected chi connectivity index (χ4v) is 3.34. The molecule has 0 spiro atoms. The topological polar surface area (TPSA) is 51.7 Å². The molecule has 6 heteroatoms. The van der Waals surface area contributed by atoms with Crippen molar-refractivity contribution in [3.63, 3.8) is 0 Å². The standard InChI is InChI=1S/C18H18N2O3S/c1-3-20(18-19-15-6-4-5-7-16(15)24-18)17(21)12-23-14-10-8-13(22-2)9-11-14/h4-11H,3,12H2,1-2H3. The van der Waals surface area contributed by atoms with Gasteiger partial charge in [-0.05, 0) is 43.3 Å². The second-order valence-corrected chi connectivity index (χ2v) is 6.08. The molecule has 0 saturated heterocycles. The number of anilines is 1. The Kier molecular flexibility index (Phi) is 4.96. The van der Waals surface area contributed by atoms with E-state index in [9.17, 15) is 4.79 Å². The highest BCUT2D eigenvalue weighted by Gasteiger charge is 2.18. The third-order valence-corrected chi connectivity index (χ3v) is 4.61. The Morgan fingerprint density at radius 2 is 1.83 bits per heavy atom. The summed E-state index contributed by atoms with van der Waals surface area (Å²) >= 11 is 1.51. The zero-order valence-electron chi connectivity index (χ0n) is 13.6. The number of hydrogen-bond acceptors (Lipinski definition) is 5. The van der Waals surface area contributed by atoms with Gasteiger partial charge < -0.3 is 9.47 Å². The summed E-state index contributed by atoms with van der Waals surface area (Å²) in [5.41, 5.74) is 0.903. The molecular weight excluding hydrogens is 324 g/mol. The maximum atomic E-state index is 12.5. The van der Waals surface area contributed by atoms with Crippen LogP contribution >= 0.6 is 11.3 Å². The number of hydrogen-bond donors (Lipinski definition) is 0. The fourth-order valence-electron chi connectivity index (χ4n) is 2.29. The van der Waals surface area contributed by atoms with Gasteiger partial charge in [-0.1, -0.05) is 23.5 Å². The number of aromatic nitrogens is 1. The summed E-state index contributed by atoms with van der Waals surface area (Å²) in [6, 6.07) is 15.0. The lowest BCUT2D eigenvalue weighted by atomic mass is 10.3. The Morgan fingerprint density at radius 3 is 2.50 bits per heavy atom. The molecule has 0 N–H and O–H groups in total. The average molecular weight is 342 g/mol. The monoisotopic (exact) mass is 342 g/mol. The summed E-state index contributed by atoms with van der Waals surface area (Å²) in [7, 11) is 1.61. The minimum atomic E-state index is -0.118. The van der Waals surface area contributed by atoms with E-state index < -0.39 is 0 Å². The molecular formula is C18H18N2O3S. The zero-order valence-corrected chi connectivity index (χ0v) is 14.4. The van der Waals surface area contributed by atoms with Crippen molar-refractivity contribution < 1.29 is 14.3 Å². The van der Waals surface area contributed by atoms with Crippen LogP contribution in [0.4, 0.5) is 5.13 Å². The predicted octanol–water partition coefficient (Wildman–Crippen LogP) is 3.74. The van der Waals surface area contributed by atoms with E-state index in [0.717, 1.165) is 16.0 Å². The molecule has 0 bridgehead atoms. The second-order valence-electron chi connectivity index (χ2n) is 5.07. The van der Waals surface area contributed by atoms with Crippen molar-refractivity contribution in [1.82, 2.24) is 4.98 Å². The van der Waals surface area contributed by atoms with E-state index in [1.165, 1.54) is 11.3 Å². The molecule has 0 aliphatic rings. The smallest absolute Gasteiger partial charge is 0.266 e. The highest BCUT2D eigenvalue weighted by Crippen LogP contribution is 2.28. The van der Waals surface area contributed by atoms with Crippen molar-refractivity contribution in [2.24, 2.45) is 0 Å². The number of para-hydroxylation sites is 1. The molecule has 0 radical (unpaired) electrons. The third-order valence-electron chi connectivity index (χ3n) is 3.55. The number of nitrogens with zero attached hydrogens (tertiary/aromatic N) is 2. The van der Waals surface area contributed by atoms with E-state index in [4.69, 9.17) is 9.47 Å². The summed E-state index contributed by atoms with van der Waals surface area (Å²) in [4.78, 5) is 18.7. The molecule has 2 aromatic carbocycles. The molecule has 0 aliphatic carbocycles. The number of likely N-dealkylation sites (N-methyl/N-ethyl adjacent to an activating group) is 1. The van der Waals surface area contributed by atoms with Gasteiger partial charge in [-0.15, -0.1) is 0 Å². The van der Waals surface area contributed by atoms with Crippen LogP contribution in [0.15, 0.2) is 48.5 Å². The van der Waals surface area contributed by atoms with Gasteiger partial charge in [0.15, 0.2) is 11.7 Å². The maximum Gasteiger partial charge on any atom is 0.266 e. The molecule has 124 valence electrons. The quantitative estimate of drug-likeness (QED) is 0.685. The molecule has 1 amide bonds. The van der Waals surface area contributed by atoms with Gasteiger partial charge in [0.25, 0.3) is 5.91 Å². The molecule has 0 aliphatic heterocycles. The lowest BCUT2D eigenvalue weighted by Gasteiger charge is -2.17. The Balaban J connectivity index is 1.69. The van der Waals surface area contributed by atoms with Gasteiger partial charge in [-0.25, -0.2) is 4.98 Å². The fraction of sp³-hybridized carbons (Fsp3) is 0.222. The Morgan fingerprint density at radius 1 is 1.12 bits per heavy atom. The third kappa shape index (κ3) is 3.49. The van der Waals surface area contributed by atoms with Gasteiger partial charge in [-0.3, -0.25) is 9.69 Å². The first-order chi connectivity index (χ1) is 11.7. The van der Waals surface area contributed by atoms with Crippen LogP contribution in [0.3, 0.4) is 0 Å². The highest BCUT2D eigenvalue weighted by molar-refractivity contribution is 7.22. The lowest BCUT2D eigenvalue weighted by Crippen LogP contribution is -2.34. The van der Waals surface area contributed by atoms with E-state index >= 15 is 0 Å². The number of thiazole rings is 1. The minimum absolute atomic E-state index is 0.0317. The number of amides is 1. The number of fused-ring (bicyclic) bond motifs is 1. The van der Waals surface area contributed by atoms with Crippen LogP contribution in [0.1, 0.15) is 6.92 Å². The van der Waals surface area contributed by atoms with Gasteiger partial charge in [0.05, 0.1) is 17.3 Å². The minimum Gasteiger partial charge on any atom is -0.497 e. The molecule has 0 atom stereocenters. The van der Waals surface area contributed by atoms with E-state index in [0.29, 0.717) is 17.4 Å². The van der Waals surface area contributed by atoms with Gasteiger partial charge in [0, 0.05) is 6.54 Å². The van der Waals surface area contributed by atoms with Crippen molar-refractivity contribution in [3.8, 4) is 11.5 Å². The molecule has 5 nitrogen and oxygen atoms in total. The molecule has 1 aromatic heterocycles. The SMILES string of the molecule is CCN(C(=O)COc1ccc(OC)cc1)c1nc2ccccc2s1. The Bertz CT molecular complexity index is 797. The Hall–Kier alpha value is -2.60. The molecule has 1 heterocycles. The number of ether oxygens (including phenoxy) is 2. The number of benzene rings is 2. The van der Waals surface area contributed by atoms with Crippen LogP contribution in [0, 0.1) is 0 Å². The Labute approximate surface area is 144 Å². The van der Waals surface area contributed by atoms with Gasteiger partial charge in [0.1, 0.15) is 11.5 Å². The van der Waals surface area contributed by atoms with Crippen LogP contribution in [0.2, 0.25) is 0 Å². The zero-order chi connectivity index (χ0) is 16.9. The molecule has 0 fully saturated rings. The number of carbonyl (C=O) groups is 1. The molecule has 0 unspecified atom stereocenters. The summed E-state index contributed by atoms with van der Waals surface area (Å²) in [6.45, 7) is 2.44. The average Bonchev–Trinajstić information content (AvgIpc) is 3.04. The molecule has 24 heavy (non-hydrogen) atoms. The van der Waals surface area contributed by atoms with Gasteiger partial charge in [-0.2, -0.15) is 0 Å². The molecule has 3 rings (SSSR count). The largest absolute Gasteiger partial charge is 0.497 e. The molecule has 3 aromatic rings.